The number of amides is 1. The van der Waals surface area contributed by atoms with Gasteiger partial charge < -0.3 is 20.2 Å². The highest BCUT2D eigenvalue weighted by atomic mass is 16.7. The number of hydrogen-bond donors (Lipinski definition) is 4. The Morgan fingerprint density at radius 2 is 1.73 bits per heavy atom. The molecule has 2 aromatic carbocycles. The molecule has 2 aromatic rings. The molecule has 136 valence electrons. The van der Waals surface area contributed by atoms with Crippen molar-refractivity contribution in [2.24, 2.45) is 0 Å². The lowest BCUT2D eigenvalue weighted by Gasteiger charge is -2.04. The van der Waals surface area contributed by atoms with Gasteiger partial charge >= 0.3 is 5.97 Å². The van der Waals surface area contributed by atoms with Gasteiger partial charge in [0, 0.05) is 12.5 Å². The van der Waals surface area contributed by atoms with E-state index in [1.807, 2.05) is 5.48 Å². The second-order valence-electron chi connectivity index (χ2n) is 5.54. The van der Waals surface area contributed by atoms with Gasteiger partial charge in [0.1, 0.15) is 5.75 Å². The monoisotopic (exact) mass is 357 g/mol. The van der Waals surface area contributed by atoms with Crippen molar-refractivity contribution < 1.29 is 29.7 Å². The van der Waals surface area contributed by atoms with Crippen LogP contribution in [0.5, 0.6) is 17.2 Å². The van der Waals surface area contributed by atoms with E-state index >= 15 is 0 Å². The number of carbonyl (C=O) groups excluding carboxylic acids is 2. The molecule has 4 N–H and O–H groups in total. The van der Waals surface area contributed by atoms with Gasteiger partial charge in [-0.05, 0) is 54.3 Å². The van der Waals surface area contributed by atoms with Crippen LogP contribution in [-0.2, 0) is 20.8 Å². The number of phenolic OH excluding ortho intramolecular Hbond substituents is 3. The summed E-state index contributed by atoms with van der Waals surface area (Å²) in [7, 11) is 0. The molecule has 0 saturated heterocycles. The van der Waals surface area contributed by atoms with Crippen LogP contribution in [0.1, 0.15) is 24.0 Å². The van der Waals surface area contributed by atoms with Crippen molar-refractivity contribution >= 4 is 18.0 Å². The summed E-state index contributed by atoms with van der Waals surface area (Å²) in [6, 6.07) is 10.8. The molecule has 0 heterocycles. The summed E-state index contributed by atoms with van der Waals surface area (Å²) in [6.45, 7) is 0. The number of benzene rings is 2. The van der Waals surface area contributed by atoms with E-state index < -0.39 is 11.9 Å². The van der Waals surface area contributed by atoms with E-state index in [9.17, 15) is 24.9 Å². The first-order chi connectivity index (χ1) is 12.4. The molecule has 7 nitrogen and oxygen atoms in total. The molecule has 7 heteroatoms. The Bertz CT molecular complexity index is 798. The zero-order chi connectivity index (χ0) is 18.9. The molecule has 0 aliphatic rings. The summed E-state index contributed by atoms with van der Waals surface area (Å²) >= 11 is 0. The highest BCUT2D eigenvalue weighted by Gasteiger charge is 2.06. The highest BCUT2D eigenvalue weighted by Crippen LogP contribution is 2.25. The van der Waals surface area contributed by atoms with Crippen LogP contribution in [0.2, 0.25) is 0 Å². The largest absolute Gasteiger partial charge is 0.508 e. The molecule has 1 amide bonds. The van der Waals surface area contributed by atoms with Gasteiger partial charge in [0.05, 0.1) is 0 Å². The second kappa shape index (κ2) is 9.12. The molecule has 0 aromatic heterocycles. The first-order valence-corrected chi connectivity index (χ1v) is 7.91. The number of aromatic hydroxyl groups is 3. The summed E-state index contributed by atoms with van der Waals surface area (Å²) in [4.78, 5) is 27.8. The highest BCUT2D eigenvalue weighted by molar-refractivity contribution is 5.91. The van der Waals surface area contributed by atoms with Crippen LogP contribution >= 0.6 is 0 Å². The maximum atomic E-state index is 11.6. The maximum Gasteiger partial charge on any atom is 0.332 e. The molecule has 0 saturated carbocycles. The number of rotatable bonds is 6. The third-order valence-electron chi connectivity index (χ3n) is 3.47. The topological polar surface area (TPSA) is 116 Å². The zero-order valence-corrected chi connectivity index (χ0v) is 13.9. The molecule has 0 bridgehead atoms. The summed E-state index contributed by atoms with van der Waals surface area (Å²) in [5.41, 5.74) is 3.50. The van der Waals surface area contributed by atoms with E-state index in [1.54, 1.807) is 24.3 Å². The number of carbonyl (C=O) groups is 2. The minimum absolute atomic E-state index is 0.136. The van der Waals surface area contributed by atoms with Crippen LogP contribution in [0.15, 0.2) is 48.5 Å². The SMILES string of the molecule is O=C(C=Cc1ccc(O)c(O)c1)NOC(=O)CCCc1ccc(O)cc1. The molecule has 0 unspecified atom stereocenters. The number of hydroxylamine groups is 1. The van der Waals surface area contributed by atoms with Crippen LogP contribution in [0.25, 0.3) is 6.08 Å². The third-order valence-corrected chi connectivity index (χ3v) is 3.47. The summed E-state index contributed by atoms with van der Waals surface area (Å²) in [6.07, 6.45) is 3.86. The van der Waals surface area contributed by atoms with E-state index in [0.29, 0.717) is 18.4 Å². The Morgan fingerprint density at radius 3 is 2.42 bits per heavy atom. The van der Waals surface area contributed by atoms with Crippen molar-refractivity contribution in [1.82, 2.24) is 5.48 Å². The third kappa shape index (κ3) is 6.20. The van der Waals surface area contributed by atoms with Crippen molar-refractivity contribution in [2.45, 2.75) is 19.3 Å². The average Bonchev–Trinajstić information content (AvgIpc) is 2.62. The summed E-state index contributed by atoms with van der Waals surface area (Å²) in [5, 5.41) is 27.7. The number of nitrogens with one attached hydrogen (secondary N) is 1. The van der Waals surface area contributed by atoms with E-state index in [1.165, 1.54) is 24.3 Å². The molecule has 0 spiro atoms. The van der Waals surface area contributed by atoms with E-state index in [4.69, 9.17) is 0 Å². The molecule has 0 aliphatic heterocycles. The van der Waals surface area contributed by atoms with Gasteiger partial charge in [-0.15, -0.1) is 0 Å². The average molecular weight is 357 g/mol. The number of aryl methyl sites for hydroxylation is 1. The van der Waals surface area contributed by atoms with Crippen LogP contribution in [-0.4, -0.2) is 27.2 Å². The van der Waals surface area contributed by atoms with Crippen molar-refractivity contribution in [3.8, 4) is 17.2 Å². The van der Waals surface area contributed by atoms with Crippen LogP contribution in [0.4, 0.5) is 0 Å². The number of phenols is 3. The minimum Gasteiger partial charge on any atom is -0.508 e. The van der Waals surface area contributed by atoms with Gasteiger partial charge in [0.2, 0.25) is 0 Å². The Morgan fingerprint density at radius 1 is 1.00 bits per heavy atom. The van der Waals surface area contributed by atoms with Crippen molar-refractivity contribution in [1.29, 1.82) is 0 Å². The van der Waals surface area contributed by atoms with E-state index in [0.717, 1.165) is 11.6 Å². The minimum atomic E-state index is -0.635. The molecule has 26 heavy (non-hydrogen) atoms. The van der Waals surface area contributed by atoms with Crippen LogP contribution < -0.4 is 5.48 Å². The van der Waals surface area contributed by atoms with E-state index in [-0.39, 0.29) is 23.7 Å². The van der Waals surface area contributed by atoms with Gasteiger partial charge in [-0.3, -0.25) is 4.79 Å². The van der Waals surface area contributed by atoms with Crippen molar-refractivity contribution in [3.05, 3.63) is 59.7 Å². The fraction of sp³-hybridized carbons (Fsp3) is 0.158. The lowest BCUT2D eigenvalue weighted by Crippen LogP contribution is -2.25. The predicted molar refractivity (Wildman–Crippen MR) is 94.1 cm³/mol. The lowest BCUT2D eigenvalue weighted by atomic mass is 10.1. The maximum absolute atomic E-state index is 11.6. The molecule has 0 atom stereocenters. The molecule has 2 rings (SSSR count). The normalized spacial score (nSPS) is 10.6. The molecular weight excluding hydrogens is 338 g/mol. The smallest absolute Gasteiger partial charge is 0.332 e. The van der Waals surface area contributed by atoms with Gasteiger partial charge in [-0.25, -0.2) is 4.79 Å². The van der Waals surface area contributed by atoms with Gasteiger partial charge in [-0.2, -0.15) is 5.48 Å². The van der Waals surface area contributed by atoms with Gasteiger partial charge in [-0.1, -0.05) is 18.2 Å². The Hall–Kier alpha value is -3.48. The molecular formula is C19H19NO6. The summed E-state index contributed by atoms with van der Waals surface area (Å²) in [5.74, 6) is -1.57. The second-order valence-corrected chi connectivity index (χ2v) is 5.54. The molecule has 0 aliphatic carbocycles. The van der Waals surface area contributed by atoms with Crippen LogP contribution in [0.3, 0.4) is 0 Å². The predicted octanol–water partition coefficient (Wildman–Crippen LogP) is 2.41. The van der Waals surface area contributed by atoms with E-state index in [2.05, 4.69) is 4.84 Å². The first kappa shape index (κ1) is 18.9. The quantitative estimate of drug-likeness (QED) is 0.358. The van der Waals surface area contributed by atoms with Gasteiger partial charge in [0.25, 0.3) is 5.91 Å². The Kier molecular flexibility index (Phi) is 6.61. The lowest BCUT2D eigenvalue weighted by molar-refractivity contribution is -0.156. The Balaban J connectivity index is 1.69. The summed E-state index contributed by atoms with van der Waals surface area (Å²) < 4.78 is 0. The standard InChI is InChI=1S/C19H19NO6/c21-15-8-4-13(5-9-15)2-1-3-19(25)26-20-18(24)11-7-14-6-10-16(22)17(23)12-14/h4-12,21-23H,1-3H2,(H,20,24). The van der Waals surface area contributed by atoms with Crippen molar-refractivity contribution in [3.63, 3.8) is 0 Å². The zero-order valence-electron chi connectivity index (χ0n) is 13.9. The molecule has 0 fully saturated rings. The van der Waals surface area contributed by atoms with Crippen molar-refractivity contribution in [2.75, 3.05) is 0 Å². The molecule has 0 radical (unpaired) electrons. The Labute approximate surface area is 150 Å². The first-order valence-electron chi connectivity index (χ1n) is 7.91. The van der Waals surface area contributed by atoms with Gasteiger partial charge in [0.15, 0.2) is 11.5 Å². The fourth-order valence-electron chi connectivity index (χ4n) is 2.11. The van der Waals surface area contributed by atoms with Crippen LogP contribution in [0, 0.1) is 0 Å². The fourth-order valence-corrected chi connectivity index (χ4v) is 2.11. The number of hydrogen-bond acceptors (Lipinski definition) is 6.